The van der Waals surface area contributed by atoms with Crippen LogP contribution in [-0.2, 0) is 9.53 Å². The minimum absolute atomic E-state index is 0.125. The van der Waals surface area contributed by atoms with Gasteiger partial charge in [0.1, 0.15) is 24.3 Å². The number of carbonyl (C=O) groups excluding carboxylic acids is 1. The molecule has 0 aliphatic carbocycles. The minimum atomic E-state index is -1.48. The lowest BCUT2D eigenvalue weighted by Gasteiger charge is -2.41. The Morgan fingerprint density at radius 2 is 1.91 bits per heavy atom. The molecule has 3 aliphatic heterocycles. The SMILES string of the molecule is N#Cc1cc(-c2ncnc(Nc3ccc(C4CCN(C5COC5)CC4)cc3)n2)ccc1O[C@H]1CCN(C(=O)/C(N)=C/C=N)C[C@H]1F. The first-order valence-corrected chi connectivity index (χ1v) is 15.4. The van der Waals surface area contributed by atoms with Crippen molar-refractivity contribution in [1.29, 1.82) is 10.7 Å². The fourth-order valence-electron chi connectivity index (χ4n) is 6.06. The van der Waals surface area contributed by atoms with Crippen molar-refractivity contribution in [3.63, 3.8) is 0 Å². The van der Waals surface area contributed by atoms with E-state index < -0.39 is 18.2 Å². The first-order valence-electron chi connectivity index (χ1n) is 15.4. The van der Waals surface area contributed by atoms with Gasteiger partial charge >= 0.3 is 0 Å². The largest absolute Gasteiger partial charge is 0.486 e. The number of ether oxygens (including phenoxy) is 2. The molecule has 12 nitrogen and oxygen atoms in total. The lowest BCUT2D eigenvalue weighted by molar-refractivity contribution is -0.131. The molecule has 1 amide bonds. The summed E-state index contributed by atoms with van der Waals surface area (Å²) in [4.78, 5) is 29.3. The summed E-state index contributed by atoms with van der Waals surface area (Å²) in [6, 6.07) is 16.0. The smallest absolute Gasteiger partial charge is 0.269 e. The summed E-state index contributed by atoms with van der Waals surface area (Å²) in [5, 5.41) is 20.1. The second-order valence-corrected chi connectivity index (χ2v) is 11.7. The van der Waals surface area contributed by atoms with Crippen LogP contribution in [0.25, 0.3) is 11.4 Å². The Morgan fingerprint density at radius 3 is 2.59 bits per heavy atom. The number of halogens is 1. The van der Waals surface area contributed by atoms with Gasteiger partial charge in [0.05, 0.1) is 37.1 Å². The van der Waals surface area contributed by atoms with Gasteiger partial charge in [0.2, 0.25) is 5.95 Å². The number of likely N-dealkylation sites (tertiary alicyclic amines) is 2. The molecule has 6 rings (SSSR count). The Labute approximate surface area is 266 Å². The molecule has 0 bridgehead atoms. The van der Waals surface area contributed by atoms with Gasteiger partial charge in [-0.1, -0.05) is 12.1 Å². The molecule has 0 saturated carbocycles. The van der Waals surface area contributed by atoms with Crippen LogP contribution in [0.5, 0.6) is 5.75 Å². The molecule has 0 radical (unpaired) electrons. The van der Waals surface area contributed by atoms with Crippen molar-refractivity contribution in [3.05, 3.63) is 71.7 Å². The monoisotopic (exact) mass is 625 g/mol. The van der Waals surface area contributed by atoms with E-state index in [1.54, 1.807) is 18.2 Å². The summed E-state index contributed by atoms with van der Waals surface area (Å²) < 4.78 is 26.3. The highest BCUT2D eigenvalue weighted by Crippen LogP contribution is 2.32. The van der Waals surface area contributed by atoms with Gasteiger partial charge in [-0.3, -0.25) is 9.69 Å². The van der Waals surface area contributed by atoms with Gasteiger partial charge in [-0.05, 0) is 73.8 Å². The molecule has 3 aliphatic rings. The number of allylic oxidation sites excluding steroid dienone is 1. The van der Waals surface area contributed by atoms with Crippen molar-refractivity contribution < 1.29 is 18.7 Å². The number of rotatable bonds is 9. The van der Waals surface area contributed by atoms with E-state index in [0.29, 0.717) is 29.3 Å². The zero-order valence-corrected chi connectivity index (χ0v) is 25.3. The molecular weight excluding hydrogens is 589 g/mol. The average Bonchev–Trinajstić information content (AvgIpc) is 3.05. The van der Waals surface area contributed by atoms with Gasteiger partial charge in [-0.15, -0.1) is 0 Å². The van der Waals surface area contributed by atoms with E-state index >= 15 is 4.39 Å². The molecule has 0 unspecified atom stereocenters. The first-order chi connectivity index (χ1) is 22.4. The highest BCUT2D eigenvalue weighted by atomic mass is 19.1. The lowest BCUT2D eigenvalue weighted by atomic mass is 9.88. The maximum absolute atomic E-state index is 15.0. The predicted octanol–water partition coefficient (Wildman–Crippen LogP) is 3.54. The number of hydrogen-bond acceptors (Lipinski definition) is 11. The van der Waals surface area contributed by atoms with Crippen LogP contribution in [0.15, 0.2) is 60.6 Å². The van der Waals surface area contributed by atoms with Crippen LogP contribution >= 0.6 is 0 Å². The van der Waals surface area contributed by atoms with E-state index in [4.69, 9.17) is 20.6 Å². The lowest BCUT2D eigenvalue weighted by Crippen LogP contribution is -2.51. The third-order valence-corrected chi connectivity index (χ3v) is 8.79. The number of nitrogens with two attached hydrogens (primary N) is 1. The molecule has 4 N–H and O–H groups in total. The maximum atomic E-state index is 15.0. The summed E-state index contributed by atoms with van der Waals surface area (Å²) in [6.45, 7) is 3.96. The average molecular weight is 626 g/mol. The Morgan fingerprint density at radius 1 is 1.13 bits per heavy atom. The first kappa shape index (κ1) is 31.1. The fraction of sp³-hybridized carbons (Fsp3) is 0.394. The van der Waals surface area contributed by atoms with Gasteiger partial charge in [-0.25, -0.2) is 14.4 Å². The summed E-state index contributed by atoms with van der Waals surface area (Å²) >= 11 is 0. The van der Waals surface area contributed by atoms with Crippen LogP contribution in [0.1, 0.15) is 36.3 Å². The zero-order chi connectivity index (χ0) is 32.0. The summed E-state index contributed by atoms with van der Waals surface area (Å²) in [7, 11) is 0. The number of nitriles is 1. The van der Waals surface area contributed by atoms with Gasteiger partial charge in [-0.2, -0.15) is 10.2 Å². The van der Waals surface area contributed by atoms with E-state index in [1.165, 1.54) is 22.9 Å². The van der Waals surface area contributed by atoms with Crippen LogP contribution in [0, 0.1) is 16.7 Å². The summed E-state index contributed by atoms with van der Waals surface area (Å²) in [5.74, 6) is 0.986. The van der Waals surface area contributed by atoms with E-state index in [0.717, 1.165) is 51.0 Å². The van der Waals surface area contributed by atoms with Gasteiger partial charge in [0.25, 0.3) is 5.91 Å². The molecule has 2 aromatic carbocycles. The third kappa shape index (κ3) is 6.98. The van der Waals surface area contributed by atoms with Gasteiger partial charge in [0.15, 0.2) is 12.0 Å². The van der Waals surface area contributed by atoms with Crippen molar-refractivity contribution in [3.8, 4) is 23.2 Å². The van der Waals surface area contributed by atoms with Gasteiger partial charge < -0.3 is 30.8 Å². The number of hydrogen-bond donors (Lipinski definition) is 3. The van der Waals surface area contributed by atoms with E-state index in [-0.39, 0.29) is 36.5 Å². The number of benzene rings is 2. The summed E-state index contributed by atoms with van der Waals surface area (Å²) in [5.41, 5.74) is 8.51. The molecular formula is C33H36FN9O3. The number of anilines is 2. The normalized spacial score (nSPS) is 21.2. The number of carbonyl (C=O) groups is 1. The molecule has 1 aromatic heterocycles. The Bertz CT molecular complexity index is 1630. The number of amides is 1. The van der Waals surface area contributed by atoms with Crippen LogP contribution in [0.3, 0.4) is 0 Å². The topological polar surface area (TPSA) is 166 Å². The van der Waals surface area contributed by atoms with Crippen molar-refractivity contribution >= 4 is 23.8 Å². The number of nitrogens with one attached hydrogen (secondary N) is 2. The molecule has 2 atom stereocenters. The molecule has 3 aromatic rings. The molecule has 13 heteroatoms. The molecule has 3 fully saturated rings. The quantitative estimate of drug-likeness (QED) is 0.236. The van der Waals surface area contributed by atoms with Crippen molar-refractivity contribution in [2.45, 2.75) is 43.5 Å². The van der Waals surface area contributed by atoms with Gasteiger partial charge in [0, 0.05) is 30.4 Å². The highest BCUT2D eigenvalue weighted by Gasteiger charge is 2.34. The van der Waals surface area contributed by atoms with Crippen LogP contribution in [0.2, 0.25) is 0 Å². The maximum Gasteiger partial charge on any atom is 0.269 e. The van der Waals surface area contributed by atoms with Crippen LogP contribution in [-0.4, -0.2) is 94.6 Å². The van der Waals surface area contributed by atoms with E-state index in [9.17, 15) is 10.1 Å². The second kappa shape index (κ2) is 14.0. The number of alkyl halides is 1. The summed E-state index contributed by atoms with van der Waals surface area (Å²) in [6.07, 6.45) is 3.66. The Balaban J connectivity index is 1.07. The predicted molar refractivity (Wildman–Crippen MR) is 169 cm³/mol. The molecule has 46 heavy (non-hydrogen) atoms. The van der Waals surface area contributed by atoms with Crippen molar-refractivity contribution in [2.75, 3.05) is 44.7 Å². The molecule has 238 valence electrons. The van der Waals surface area contributed by atoms with Crippen molar-refractivity contribution in [2.24, 2.45) is 5.73 Å². The van der Waals surface area contributed by atoms with Crippen LogP contribution in [0.4, 0.5) is 16.0 Å². The Hall–Kier alpha value is -4.93. The minimum Gasteiger partial charge on any atom is -0.486 e. The molecule has 0 spiro atoms. The highest BCUT2D eigenvalue weighted by molar-refractivity contribution is 5.96. The second-order valence-electron chi connectivity index (χ2n) is 11.7. The zero-order valence-electron chi connectivity index (χ0n) is 25.3. The van der Waals surface area contributed by atoms with E-state index in [1.807, 2.05) is 12.1 Å². The fourth-order valence-corrected chi connectivity index (χ4v) is 6.06. The standard InChI is InChI=1S/C33H36FN9O3/c34-27-17-43(32(44)28(37)7-11-35)14-10-30(27)46-29-6-3-23(15-24(29)16-36)31-38-20-39-33(41-31)40-25-4-1-21(2-5-25)22-8-12-42(13-9-22)26-18-45-19-26/h1-7,11,15,20,22,26-27,30,35H,8-10,12-14,17-19,37H2,(H,38,39,40,41)/b28-7-,35-11?/t27-,30+/m1/s1. The molecule has 4 heterocycles. The van der Waals surface area contributed by atoms with Crippen LogP contribution < -0.4 is 15.8 Å². The number of nitrogens with zero attached hydrogens (tertiary/aromatic N) is 6. The van der Waals surface area contributed by atoms with Crippen molar-refractivity contribution in [1.82, 2.24) is 24.8 Å². The number of aromatic nitrogens is 3. The van der Waals surface area contributed by atoms with E-state index in [2.05, 4.69) is 43.4 Å². The third-order valence-electron chi connectivity index (χ3n) is 8.79. The number of piperidine rings is 2. The Kier molecular flexibility index (Phi) is 9.46. The molecule has 3 saturated heterocycles.